The van der Waals surface area contributed by atoms with E-state index in [2.05, 4.69) is 10.3 Å². The smallest absolute Gasteiger partial charge is 0.257 e. The van der Waals surface area contributed by atoms with E-state index in [0.717, 1.165) is 5.56 Å². The molecule has 150 valence electrons. The van der Waals surface area contributed by atoms with Crippen LogP contribution in [0.3, 0.4) is 0 Å². The van der Waals surface area contributed by atoms with E-state index < -0.39 is 0 Å². The Labute approximate surface area is 170 Å². The zero-order chi connectivity index (χ0) is 20.5. The topological polar surface area (TPSA) is 69.7 Å². The van der Waals surface area contributed by atoms with Crippen molar-refractivity contribution >= 4 is 11.7 Å². The summed E-state index contributed by atoms with van der Waals surface area (Å²) in [5.41, 5.74) is 1.44. The molecule has 0 unspecified atom stereocenters. The van der Waals surface area contributed by atoms with Crippen LogP contribution in [0.15, 0.2) is 66.9 Å². The number of carbonyl (C=O) groups is 1. The molecule has 0 aliphatic heterocycles. The van der Waals surface area contributed by atoms with Crippen LogP contribution in [0.25, 0.3) is 0 Å². The Morgan fingerprint density at radius 2 is 1.59 bits per heavy atom. The molecule has 1 N–H and O–H groups in total. The van der Waals surface area contributed by atoms with Crippen molar-refractivity contribution < 1.29 is 19.0 Å². The van der Waals surface area contributed by atoms with Gasteiger partial charge in [-0.25, -0.2) is 4.98 Å². The highest BCUT2D eigenvalue weighted by Gasteiger charge is 2.14. The molecule has 0 aliphatic carbocycles. The van der Waals surface area contributed by atoms with E-state index in [1.54, 1.807) is 36.5 Å². The summed E-state index contributed by atoms with van der Waals surface area (Å²) in [4.78, 5) is 17.1. The highest BCUT2D eigenvalue weighted by Crippen LogP contribution is 2.26. The Morgan fingerprint density at radius 1 is 0.897 bits per heavy atom. The van der Waals surface area contributed by atoms with Gasteiger partial charge in [0.15, 0.2) is 11.6 Å². The van der Waals surface area contributed by atoms with Crippen LogP contribution >= 0.6 is 0 Å². The average molecular weight is 392 g/mol. The van der Waals surface area contributed by atoms with Crippen molar-refractivity contribution in [1.29, 1.82) is 0 Å². The van der Waals surface area contributed by atoms with Crippen LogP contribution < -0.4 is 19.5 Å². The number of benzene rings is 2. The quantitative estimate of drug-likeness (QED) is 0.571. The van der Waals surface area contributed by atoms with Gasteiger partial charge < -0.3 is 19.5 Å². The number of hydrogen-bond acceptors (Lipinski definition) is 5. The fourth-order valence-electron chi connectivity index (χ4n) is 2.72. The van der Waals surface area contributed by atoms with Crippen molar-refractivity contribution in [2.24, 2.45) is 0 Å². The standard InChI is InChI=1S/C23H24N2O4/c1-3-27-19-13-18(14-20(15-19)28-4-2)23(26)25-22-21(11-8-12-24-22)29-16-17-9-6-5-7-10-17/h5-15H,3-4,16H2,1-2H3,(H,24,25,26). The Balaban J connectivity index is 1.77. The largest absolute Gasteiger partial charge is 0.494 e. The summed E-state index contributed by atoms with van der Waals surface area (Å²) >= 11 is 0. The normalized spacial score (nSPS) is 10.3. The molecule has 0 saturated carbocycles. The van der Waals surface area contributed by atoms with E-state index in [4.69, 9.17) is 14.2 Å². The van der Waals surface area contributed by atoms with Crippen LogP contribution in [-0.2, 0) is 6.61 Å². The third kappa shape index (κ3) is 5.72. The van der Waals surface area contributed by atoms with Gasteiger partial charge in [0.25, 0.3) is 5.91 Å². The first-order valence-electron chi connectivity index (χ1n) is 9.53. The fraction of sp³-hybridized carbons (Fsp3) is 0.217. The van der Waals surface area contributed by atoms with E-state index in [1.165, 1.54) is 0 Å². The maximum absolute atomic E-state index is 12.8. The summed E-state index contributed by atoms with van der Waals surface area (Å²) in [6.07, 6.45) is 1.60. The number of carbonyl (C=O) groups excluding carboxylic acids is 1. The molecule has 0 atom stereocenters. The number of hydrogen-bond donors (Lipinski definition) is 1. The molecule has 29 heavy (non-hydrogen) atoms. The maximum Gasteiger partial charge on any atom is 0.257 e. The van der Waals surface area contributed by atoms with Gasteiger partial charge in [0.1, 0.15) is 18.1 Å². The summed E-state index contributed by atoms with van der Waals surface area (Å²) in [5, 5.41) is 2.82. The first-order valence-corrected chi connectivity index (χ1v) is 9.53. The van der Waals surface area contributed by atoms with Crippen molar-refractivity contribution in [2.75, 3.05) is 18.5 Å². The van der Waals surface area contributed by atoms with Gasteiger partial charge in [-0.05, 0) is 43.7 Å². The average Bonchev–Trinajstić information content (AvgIpc) is 2.74. The van der Waals surface area contributed by atoms with E-state index in [9.17, 15) is 4.79 Å². The summed E-state index contributed by atoms with van der Waals surface area (Å²) in [6.45, 7) is 5.14. The van der Waals surface area contributed by atoms with Gasteiger partial charge in [0, 0.05) is 17.8 Å². The molecule has 0 saturated heterocycles. The van der Waals surface area contributed by atoms with E-state index >= 15 is 0 Å². The second-order valence-electron chi connectivity index (χ2n) is 6.14. The third-order valence-corrected chi connectivity index (χ3v) is 4.00. The molecule has 6 nitrogen and oxygen atoms in total. The molecule has 0 aliphatic rings. The van der Waals surface area contributed by atoms with Crippen LogP contribution in [0.5, 0.6) is 17.2 Å². The summed E-state index contributed by atoms with van der Waals surface area (Å²) in [7, 11) is 0. The van der Waals surface area contributed by atoms with Crippen molar-refractivity contribution in [2.45, 2.75) is 20.5 Å². The lowest BCUT2D eigenvalue weighted by molar-refractivity contribution is 0.102. The molecular weight excluding hydrogens is 368 g/mol. The molecule has 6 heteroatoms. The molecule has 1 heterocycles. The lowest BCUT2D eigenvalue weighted by Gasteiger charge is -2.13. The van der Waals surface area contributed by atoms with Crippen molar-refractivity contribution in [1.82, 2.24) is 4.98 Å². The molecule has 3 aromatic rings. The zero-order valence-electron chi connectivity index (χ0n) is 16.6. The summed E-state index contributed by atoms with van der Waals surface area (Å²) in [5.74, 6) is 1.68. The van der Waals surface area contributed by atoms with Gasteiger partial charge in [-0.2, -0.15) is 0 Å². The van der Waals surface area contributed by atoms with Crippen LogP contribution in [0, 0.1) is 0 Å². The minimum atomic E-state index is -0.323. The zero-order valence-corrected chi connectivity index (χ0v) is 16.6. The minimum absolute atomic E-state index is 0.323. The van der Waals surface area contributed by atoms with Gasteiger partial charge in [0.2, 0.25) is 0 Å². The number of anilines is 1. The third-order valence-electron chi connectivity index (χ3n) is 4.00. The van der Waals surface area contributed by atoms with Gasteiger partial charge >= 0.3 is 0 Å². The number of aromatic nitrogens is 1. The first kappa shape index (κ1) is 20.2. The highest BCUT2D eigenvalue weighted by molar-refractivity contribution is 6.05. The molecule has 0 bridgehead atoms. The summed E-state index contributed by atoms with van der Waals surface area (Å²) in [6, 6.07) is 18.4. The van der Waals surface area contributed by atoms with Crippen molar-refractivity contribution in [3.05, 3.63) is 78.0 Å². The predicted molar refractivity (Wildman–Crippen MR) is 112 cm³/mol. The Bertz CT molecular complexity index is 920. The number of amides is 1. The second kappa shape index (κ2) is 10.1. The number of rotatable bonds is 9. The molecule has 0 radical (unpaired) electrons. The molecule has 1 aromatic heterocycles. The highest BCUT2D eigenvalue weighted by atomic mass is 16.5. The Kier molecular flexibility index (Phi) is 7.05. The van der Waals surface area contributed by atoms with Crippen LogP contribution in [-0.4, -0.2) is 24.1 Å². The first-order chi connectivity index (χ1) is 14.2. The lowest BCUT2D eigenvalue weighted by atomic mass is 10.2. The van der Waals surface area contributed by atoms with Gasteiger partial charge in [-0.3, -0.25) is 4.79 Å². The molecular formula is C23H24N2O4. The number of nitrogens with zero attached hydrogens (tertiary/aromatic N) is 1. The van der Waals surface area contributed by atoms with Gasteiger partial charge in [-0.1, -0.05) is 30.3 Å². The van der Waals surface area contributed by atoms with E-state index in [1.807, 2.05) is 44.2 Å². The lowest BCUT2D eigenvalue weighted by Crippen LogP contribution is -2.14. The van der Waals surface area contributed by atoms with Gasteiger partial charge in [-0.15, -0.1) is 0 Å². The van der Waals surface area contributed by atoms with Gasteiger partial charge in [0.05, 0.1) is 13.2 Å². The molecule has 1 amide bonds. The monoisotopic (exact) mass is 392 g/mol. The Morgan fingerprint density at radius 3 is 2.24 bits per heavy atom. The van der Waals surface area contributed by atoms with Crippen LogP contribution in [0.4, 0.5) is 5.82 Å². The van der Waals surface area contributed by atoms with Crippen LogP contribution in [0.1, 0.15) is 29.8 Å². The number of ether oxygens (including phenoxy) is 3. The number of nitrogens with one attached hydrogen (secondary N) is 1. The molecule has 2 aromatic carbocycles. The summed E-state index contributed by atoms with van der Waals surface area (Å²) < 4.78 is 16.9. The van der Waals surface area contributed by atoms with E-state index in [-0.39, 0.29) is 5.91 Å². The van der Waals surface area contributed by atoms with E-state index in [0.29, 0.717) is 48.5 Å². The fourth-order valence-corrected chi connectivity index (χ4v) is 2.72. The number of pyridine rings is 1. The van der Waals surface area contributed by atoms with Crippen LogP contribution in [0.2, 0.25) is 0 Å². The van der Waals surface area contributed by atoms with Crippen molar-refractivity contribution in [3.8, 4) is 17.2 Å². The minimum Gasteiger partial charge on any atom is -0.494 e. The molecule has 0 fully saturated rings. The van der Waals surface area contributed by atoms with Crippen molar-refractivity contribution in [3.63, 3.8) is 0 Å². The maximum atomic E-state index is 12.8. The molecule has 0 spiro atoms. The molecule has 3 rings (SSSR count). The Hall–Kier alpha value is -3.54. The predicted octanol–water partition coefficient (Wildman–Crippen LogP) is 4.71. The second-order valence-corrected chi connectivity index (χ2v) is 6.14. The SMILES string of the molecule is CCOc1cc(OCC)cc(C(=O)Nc2ncccc2OCc2ccccc2)c1.